The molecule has 0 radical (unpaired) electrons. The van der Waals surface area contributed by atoms with E-state index >= 15 is 0 Å². The molecule has 1 atom stereocenters. The van der Waals surface area contributed by atoms with E-state index in [1.807, 2.05) is 0 Å². The average Bonchev–Trinajstić information content (AvgIpc) is 2.08. The fraction of sp³-hybridized carbons (Fsp3) is 1.00. The summed E-state index contributed by atoms with van der Waals surface area (Å²) in [6, 6.07) is 0. The molecule has 92 valence electrons. The van der Waals surface area contributed by atoms with Crippen LogP contribution in [0.15, 0.2) is 0 Å². The van der Waals surface area contributed by atoms with Crippen molar-refractivity contribution in [2.75, 3.05) is 19.8 Å². The van der Waals surface area contributed by atoms with Gasteiger partial charge in [-0.25, -0.2) is 8.78 Å². The summed E-state index contributed by atoms with van der Waals surface area (Å²) < 4.78 is 71.2. The van der Waals surface area contributed by atoms with Gasteiger partial charge in [0.2, 0.25) is 0 Å². The highest BCUT2D eigenvalue weighted by atomic mass is 19.4. The highest BCUT2D eigenvalue weighted by molar-refractivity contribution is 4.45. The molecule has 0 saturated heterocycles. The quantitative estimate of drug-likeness (QED) is 0.502. The molecular formula is C7H11F5O3. The van der Waals surface area contributed by atoms with E-state index in [2.05, 4.69) is 14.2 Å². The summed E-state index contributed by atoms with van der Waals surface area (Å²) in [5.41, 5.74) is 0. The van der Waals surface area contributed by atoms with Crippen molar-refractivity contribution in [3.8, 4) is 0 Å². The Balaban J connectivity index is 3.82. The lowest BCUT2D eigenvalue weighted by Gasteiger charge is -2.18. The lowest BCUT2D eigenvalue weighted by molar-refractivity contribution is -0.321. The minimum Gasteiger partial charge on any atom is -0.330 e. The lowest BCUT2D eigenvalue weighted by Crippen LogP contribution is -2.29. The van der Waals surface area contributed by atoms with Crippen LogP contribution >= 0.6 is 0 Å². The maximum absolute atomic E-state index is 11.7. The summed E-state index contributed by atoms with van der Waals surface area (Å²) in [5, 5.41) is 0. The molecule has 0 heterocycles. The third kappa shape index (κ3) is 9.83. The minimum absolute atomic E-state index is 0.00817. The van der Waals surface area contributed by atoms with Crippen LogP contribution in [0.3, 0.4) is 0 Å². The van der Waals surface area contributed by atoms with E-state index in [0.29, 0.717) is 0 Å². The van der Waals surface area contributed by atoms with Crippen LogP contribution in [-0.2, 0) is 14.2 Å². The van der Waals surface area contributed by atoms with Gasteiger partial charge >= 0.3 is 6.18 Å². The van der Waals surface area contributed by atoms with Crippen molar-refractivity contribution in [3.63, 3.8) is 0 Å². The van der Waals surface area contributed by atoms with Gasteiger partial charge in [0, 0.05) is 6.61 Å². The van der Waals surface area contributed by atoms with Gasteiger partial charge in [0.1, 0.15) is 13.2 Å². The molecule has 0 rings (SSSR count). The lowest BCUT2D eigenvalue weighted by atomic mass is 10.7. The molecule has 15 heavy (non-hydrogen) atoms. The van der Waals surface area contributed by atoms with Gasteiger partial charge < -0.3 is 14.2 Å². The molecule has 0 fully saturated rings. The first-order valence-electron chi connectivity index (χ1n) is 4.05. The van der Waals surface area contributed by atoms with E-state index < -0.39 is 32.3 Å². The van der Waals surface area contributed by atoms with Crippen molar-refractivity contribution in [1.82, 2.24) is 0 Å². The summed E-state index contributed by atoms with van der Waals surface area (Å²) in [4.78, 5) is 0. The van der Waals surface area contributed by atoms with E-state index in [9.17, 15) is 22.0 Å². The highest BCUT2D eigenvalue weighted by Crippen LogP contribution is 2.16. The third-order valence-corrected chi connectivity index (χ3v) is 1.04. The van der Waals surface area contributed by atoms with Gasteiger partial charge in [-0.15, -0.1) is 0 Å². The van der Waals surface area contributed by atoms with E-state index in [-0.39, 0.29) is 6.61 Å². The zero-order valence-corrected chi connectivity index (χ0v) is 7.89. The zero-order valence-electron chi connectivity index (χ0n) is 7.89. The first-order valence-corrected chi connectivity index (χ1v) is 4.05. The highest BCUT2D eigenvalue weighted by Gasteiger charge is 2.30. The standard InChI is InChI=1S/C7H11F5O3/c1-2-13-6(14-3-5(8)9)15-4-7(10,11)12/h5-6H,2-4H2,1H3. The molecule has 8 heteroatoms. The topological polar surface area (TPSA) is 27.7 Å². The SMILES string of the molecule is CCOC(OCC(F)F)OCC(F)(F)F. The van der Waals surface area contributed by atoms with Crippen LogP contribution in [0.5, 0.6) is 0 Å². The largest absolute Gasteiger partial charge is 0.411 e. The Labute approximate surface area is 83.1 Å². The van der Waals surface area contributed by atoms with E-state index in [4.69, 9.17) is 0 Å². The summed E-state index contributed by atoms with van der Waals surface area (Å²) in [6.45, 7) is -2.91. The predicted molar refractivity (Wildman–Crippen MR) is 39.4 cm³/mol. The summed E-state index contributed by atoms with van der Waals surface area (Å²) in [7, 11) is 0. The molecule has 0 aliphatic rings. The monoisotopic (exact) mass is 238 g/mol. The minimum atomic E-state index is -4.55. The smallest absolute Gasteiger partial charge is 0.330 e. The predicted octanol–water partition coefficient (Wildman–Crippen LogP) is 2.17. The Kier molecular flexibility index (Phi) is 6.70. The van der Waals surface area contributed by atoms with Crippen LogP contribution in [-0.4, -0.2) is 38.9 Å². The second-order valence-corrected chi connectivity index (χ2v) is 2.39. The van der Waals surface area contributed by atoms with Crippen LogP contribution < -0.4 is 0 Å². The van der Waals surface area contributed by atoms with Crippen molar-refractivity contribution in [3.05, 3.63) is 0 Å². The number of rotatable bonds is 7. The molecule has 3 nitrogen and oxygen atoms in total. The molecule has 0 aliphatic carbocycles. The Morgan fingerprint density at radius 2 is 1.67 bits per heavy atom. The second-order valence-electron chi connectivity index (χ2n) is 2.39. The van der Waals surface area contributed by atoms with Crippen molar-refractivity contribution in [2.45, 2.75) is 26.0 Å². The average molecular weight is 238 g/mol. The summed E-state index contributed by atoms with van der Waals surface area (Å²) in [5.74, 6) is 0. The van der Waals surface area contributed by atoms with Crippen LogP contribution in [0, 0.1) is 0 Å². The first-order chi connectivity index (χ1) is 6.85. The fourth-order valence-electron chi connectivity index (χ4n) is 0.594. The zero-order chi connectivity index (χ0) is 11.9. The number of ether oxygens (including phenoxy) is 3. The molecule has 0 spiro atoms. The molecule has 0 aromatic heterocycles. The molecule has 0 aromatic carbocycles. The van der Waals surface area contributed by atoms with E-state index in [1.54, 1.807) is 0 Å². The Morgan fingerprint density at radius 1 is 1.07 bits per heavy atom. The molecule has 0 amide bonds. The molecule has 0 aliphatic heterocycles. The number of alkyl halides is 5. The van der Waals surface area contributed by atoms with Crippen molar-refractivity contribution in [1.29, 1.82) is 0 Å². The normalized spacial score (nSPS) is 14.6. The van der Waals surface area contributed by atoms with Crippen LogP contribution in [0.1, 0.15) is 6.92 Å². The van der Waals surface area contributed by atoms with Gasteiger partial charge in [-0.2, -0.15) is 13.2 Å². The van der Waals surface area contributed by atoms with Crippen molar-refractivity contribution >= 4 is 0 Å². The van der Waals surface area contributed by atoms with E-state index in [1.165, 1.54) is 6.92 Å². The summed E-state index contributed by atoms with van der Waals surface area (Å²) >= 11 is 0. The van der Waals surface area contributed by atoms with Gasteiger partial charge in [0.05, 0.1) is 0 Å². The van der Waals surface area contributed by atoms with Crippen LogP contribution in [0.25, 0.3) is 0 Å². The van der Waals surface area contributed by atoms with Crippen molar-refractivity contribution in [2.24, 2.45) is 0 Å². The summed E-state index contributed by atoms with van der Waals surface area (Å²) in [6.07, 6.45) is -7.34. The number of halogens is 5. The molecular weight excluding hydrogens is 227 g/mol. The molecule has 0 aromatic rings. The fourth-order valence-corrected chi connectivity index (χ4v) is 0.594. The van der Waals surface area contributed by atoms with Gasteiger partial charge in [0.25, 0.3) is 12.9 Å². The van der Waals surface area contributed by atoms with Crippen LogP contribution in [0.4, 0.5) is 22.0 Å². The van der Waals surface area contributed by atoms with E-state index in [0.717, 1.165) is 0 Å². The maximum Gasteiger partial charge on any atom is 0.411 e. The molecule has 0 N–H and O–H groups in total. The molecule has 0 saturated carbocycles. The number of hydrogen-bond donors (Lipinski definition) is 0. The molecule has 0 bridgehead atoms. The molecule has 1 unspecified atom stereocenters. The number of hydrogen-bond acceptors (Lipinski definition) is 3. The Bertz CT molecular complexity index is 161. The van der Waals surface area contributed by atoms with Gasteiger partial charge in [-0.05, 0) is 6.92 Å². The maximum atomic E-state index is 11.7. The Morgan fingerprint density at radius 3 is 2.07 bits per heavy atom. The van der Waals surface area contributed by atoms with Crippen LogP contribution in [0.2, 0.25) is 0 Å². The van der Waals surface area contributed by atoms with Gasteiger partial charge in [0.15, 0.2) is 0 Å². The first kappa shape index (κ1) is 14.5. The van der Waals surface area contributed by atoms with Gasteiger partial charge in [-0.3, -0.25) is 0 Å². The van der Waals surface area contributed by atoms with Crippen molar-refractivity contribution < 1.29 is 36.2 Å². The van der Waals surface area contributed by atoms with Gasteiger partial charge in [-0.1, -0.05) is 0 Å². The Hall–Kier alpha value is -0.470. The third-order valence-electron chi connectivity index (χ3n) is 1.04. The second kappa shape index (κ2) is 6.91.